The Hall–Kier alpha value is -1.11. The van der Waals surface area contributed by atoms with Gasteiger partial charge in [0.2, 0.25) is 5.91 Å². The molecule has 0 saturated carbocycles. The van der Waals surface area contributed by atoms with Crippen LogP contribution in [0.25, 0.3) is 0 Å². The zero-order valence-corrected chi connectivity index (χ0v) is 12.7. The summed E-state index contributed by atoms with van der Waals surface area (Å²) in [5, 5.41) is 2.77. The van der Waals surface area contributed by atoms with E-state index in [1.807, 2.05) is 6.07 Å². The monoisotopic (exact) mass is 330 g/mol. The van der Waals surface area contributed by atoms with Gasteiger partial charge in [0.1, 0.15) is 5.75 Å². The molecule has 19 heavy (non-hydrogen) atoms. The average Bonchev–Trinajstić information content (AvgIpc) is 2.38. The minimum Gasteiger partial charge on any atom is -0.497 e. The van der Waals surface area contributed by atoms with Crippen LogP contribution in [-0.4, -0.2) is 32.8 Å². The van der Waals surface area contributed by atoms with Crippen molar-refractivity contribution < 1.29 is 14.3 Å². The van der Waals surface area contributed by atoms with Crippen molar-refractivity contribution in [3.8, 4) is 5.75 Å². The summed E-state index contributed by atoms with van der Waals surface area (Å²) >= 11 is 3.35. The van der Waals surface area contributed by atoms with Crippen LogP contribution < -0.4 is 15.8 Å². The topological polar surface area (TPSA) is 73.6 Å². The molecule has 1 aromatic carbocycles. The molecular weight excluding hydrogens is 312 g/mol. The second kappa shape index (κ2) is 8.14. The van der Waals surface area contributed by atoms with Gasteiger partial charge < -0.3 is 20.5 Å². The van der Waals surface area contributed by atoms with Crippen LogP contribution in [-0.2, 0) is 9.53 Å². The molecule has 0 saturated heterocycles. The van der Waals surface area contributed by atoms with Gasteiger partial charge in [-0.2, -0.15) is 0 Å². The van der Waals surface area contributed by atoms with Gasteiger partial charge in [0.25, 0.3) is 0 Å². The quantitative estimate of drug-likeness (QED) is 0.751. The summed E-state index contributed by atoms with van der Waals surface area (Å²) < 4.78 is 10.9. The van der Waals surface area contributed by atoms with E-state index in [1.165, 1.54) is 0 Å². The van der Waals surface area contributed by atoms with Gasteiger partial charge in [0.05, 0.1) is 13.2 Å². The number of benzene rings is 1. The number of carbonyl (C=O) groups excluding carboxylic acids is 1. The zero-order chi connectivity index (χ0) is 14.3. The predicted molar refractivity (Wildman–Crippen MR) is 78.4 cm³/mol. The van der Waals surface area contributed by atoms with Crippen molar-refractivity contribution in [1.82, 2.24) is 0 Å². The smallest absolute Gasteiger partial charge is 0.241 e. The highest BCUT2D eigenvalue weighted by molar-refractivity contribution is 9.10. The van der Waals surface area contributed by atoms with Crippen molar-refractivity contribution in [3.63, 3.8) is 0 Å². The fourth-order valence-corrected chi connectivity index (χ4v) is 2.04. The Bertz CT molecular complexity index is 426. The molecule has 1 rings (SSSR count). The Morgan fingerprint density at radius 3 is 2.79 bits per heavy atom. The Kier molecular flexibility index (Phi) is 6.83. The van der Waals surface area contributed by atoms with E-state index in [1.54, 1.807) is 26.4 Å². The minimum atomic E-state index is -0.542. The Labute approximate surface area is 121 Å². The van der Waals surface area contributed by atoms with Crippen molar-refractivity contribution in [1.29, 1.82) is 0 Å². The van der Waals surface area contributed by atoms with Crippen molar-refractivity contribution in [2.45, 2.75) is 18.9 Å². The maximum absolute atomic E-state index is 11.9. The van der Waals surface area contributed by atoms with Crippen LogP contribution in [0.3, 0.4) is 0 Å². The summed E-state index contributed by atoms with van der Waals surface area (Å²) in [7, 11) is 3.20. The van der Waals surface area contributed by atoms with Gasteiger partial charge in [0, 0.05) is 29.9 Å². The summed E-state index contributed by atoms with van der Waals surface area (Å²) in [5.41, 5.74) is 6.46. The Morgan fingerprint density at radius 1 is 1.42 bits per heavy atom. The molecule has 0 aromatic heterocycles. The van der Waals surface area contributed by atoms with Crippen molar-refractivity contribution in [2.24, 2.45) is 5.73 Å². The minimum absolute atomic E-state index is 0.212. The summed E-state index contributed by atoms with van der Waals surface area (Å²) in [6.45, 7) is 0.603. The zero-order valence-electron chi connectivity index (χ0n) is 11.1. The molecule has 0 spiro atoms. The number of hydrogen-bond acceptors (Lipinski definition) is 4. The molecule has 0 radical (unpaired) electrons. The third-order valence-electron chi connectivity index (χ3n) is 2.57. The van der Waals surface area contributed by atoms with Crippen LogP contribution in [0, 0.1) is 0 Å². The Morgan fingerprint density at radius 2 is 2.16 bits per heavy atom. The third kappa shape index (κ3) is 5.59. The molecule has 0 aliphatic rings. The molecule has 0 aliphatic heterocycles. The second-order valence-corrected chi connectivity index (χ2v) is 5.03. The Balaban J connectivity index is 2.58. The van der Waals surface area contributed by atoms with Crippen LogP contribution >= 0.6 is 15.9 Å². The van der Waals surface area contributed by atoms with E-state index in [9.17, 15) is 4.79 Å². The number of amides is 1. The maximum Gasteiger partial charge on any atom is 0.241 e. The van der Waals surface area contributed by atoms with E-state index in [0.717, 1.165) is 10.9 Å². The molecule has 1 amide bonds. The summed E-state index contributed by atoms with van der Waals surface area (Å²) in [4.78, 5) is 11.9. The number of carbonyl (C=O) groups is 1. The third-order valence-corrected chi connectivity index (χ3v) is 3.03. The van der Waals surface area contributed by atoms with Gasteiger partial charge in [-0.1, -0.05) is 15.9 Å². The number of methoxy groups -OCH3 is 2. The lowest BCUT2D eigenvalue weighted by Gasteiger charge is -2.13. The molecule has 106 valence electrons. The van der Waals surface area contributed by atoms with Gasteiger partial charge >= 0.3 is 0 Å². The van der Waals surface area contributed by atoms with Crippen LogP contribution in [0.1, 0.15) is 12.8 Å². The van der Waals surface area contributed by atoms with Crippen molar-refractivity contribution >= 4 is 27.5 Å². The number of anilines is 1. The highest BCUT2D eigenvalue weighted by Gasteiger charge is 2.13. The number of ether oxygens (including phenoxy) is 2. The first kappa shape index (κ1) is 15.9. The second-order valence-electron chi connectivity index (χ2n) is 4.11. The van der Waals surface area contributed by atoms with Crippen LogP contribution in [0.4, 0.5) is 5.69 Å². The summed E-state index contributed by atoms with van der Waals surface area (Å²) in [6.07, 6.45) is 1.34. The van der Waals surface area contributed by atoms with E-state index in [4.69, 9.17) is 15.2 Å². The first-order valence-electron chi connectivity index (χ1n) is 5.96. The van der Waals surface area contributed by atoms with E-state index in [0.29, 0.717) is 24.5 Å². The average molecular weight is 331 g/mol. The van der Waals surface area contributed by atoms with Crippen LogP contribution in [0.15, 0.2) is 22.7 Å². The molecule has 0 bridgehead atoms. The van der Waals surface area contributed by atoms with Gasteiger partial charge in [-0.3, -0.25) is 4.79 Å². The molecule has 1 aromatic rings. The number of halogens is 1. The van der Waals surface area contributed by atoms with Gasteiger partial charge in [-0.25, -0.2) is 0 Å². The molecule has 0 fully saturated rings. The number of nitrogens with two attached hydrogens (primary N) is 1. The molecule has 1 atom stereocenters. The first-order chi connectivity index (χ1) is 9.06. The van der Waals surface area contributed by atoms with E-state index >= 15 is 0 Å². The molecule has 5 nitrogen and oxygen atoms in total. The lowest BCUT2D eigenvalue weighted by atomic mass is 10.1. The van der Waals surface area contributed by atoms with Crippen molar-refractivity contribution in [3.05, 3.63) is 22.7 Å². The highest BCUT2D eigenvalue weighted by atomic mass is 79.9. The van der Waals surface area contributed by atoms with Crippen molar-refractivity contribution in [2.75, 3.05) is 26.1 Å². The molecule has 6 heteroatoms. The number of hydrogen-bond donors (Lipinski definition) is 2. The largest absolute Gasteiger partial charge is 0.497 e. The lowest BCUT2D eigenvalue weighted by molar-refractivity contribution is -0.117. The molecule has 0 aliphatic carbocycles. The number of rotatable bonds is 7. The fourth-order valence-electron chi connectivity index (χ4n) is 1.57. The molecule has 1 unspecified atom stereocenters. The maximum atomic E-state index is 11.9. The normalized spacial score (nSPS) is 12.0. The molecule has 0 heterocycles. The van der Waals surface area contributed by atoms with E-state index in [-0.39, 0.29) is 5.91 Å². The SMILES string of the molecule is COCCCC(N)C(=O)Nc1cc(Br)cc(OC)c1. The summed E-state index contributed by atoms with van der Waals surface area (Å²) in [5.74, 6) is 0.453. The van der Waals surface area contributed by atoms with E-state index in [2.05, 4.69) is 21.2 Å². The van der Waals surface area contributed by atoms with Gasteiger partial charge in [0.15, 0.2) is 0 Å². The fraction of sp³-hybridized carbons (Fsp3) is 0.462. The summed E-state index contributed by atoms with van der Waals surface area (Å²) in [6, 6.07) is 4.81. The molecule has 3 N–H and O–H groups in total. The highest BCUT2D eigenvalue weighted by Crippen LogP contribution is 2.24. The first-order valence-corrected chi connectivity index (χ1v) is 6.76. The van der Waals surface area contributed by atoms with Gasteiger partial charge in [-0.15, -0.1) is 0 Å². The van der Waals surface area contributed by atoms with Crippen LogP contribution in [0.2, 0.25) is 0 Å². The predicted octanol–water partition coefficient (Wildman–Crippen LogP) is 2.15. The van der Waals surface area contributed by atoms with Gasteiger partial charge in [-0.05, 0) is 25.0 Å². The lowest BCUT2D eigenvalue weighted by Crippen LogP contribution is -2.35. The standard InChI is InChI=1S/C13H19BrN2O3/c1-18-5-3-4-12(15)13(17)16-10-6-9(14)7-11(8-10)19-2/h6-8,12H,3-5,15H2,1-2H3,(H,16,17). The van der Waals surface area contributed by atoms with E-state index < -0.39 is 6.04 Å². The van der Waals surface area contributed by atoms with Crippen LogP contribution in [0.5, 0.6) is 5.75 Å². The number of nitrogens with one attached hydrogen (secondary N) is 1. The molecular formula is C13H19BrN2O3.